The van der Waals surface area contributed by atoms with Crippen molar-refractivity contribution in [3.05, 3.63) is 24.3 Å². The van der Waals surface area contributed by atoms with E-state index in [1.165, 1.54) is 83.5 Å². The van der Waals surface area contributed by atoms with Gasteiger partial charge < -0.3 is 39.9 Å². The van der Waals surface area contributed by atoms with Gasteiger partial charge in [0.05, 0.1) is 13.2 Å². The normalized spacial score (nSPS) is 23.2. The van der Waals surface area contributed by atoms with Crippen molar-refractivity contribution in [1.29, 1.82) is 0 Å². The fourth-order valence-electron chi connectivity index (χ4n) is 6.70. The molecule has 1 fully saturated rings. The van der Waals surface area contributed by atoms with Crippen molar-refractivity contribution in [2.75, 3.05) is 19.8 Å². The van der Waals surface area contributed by atoms with Crippen molar-refractivity contribution in [3.8, 4) is 0 Å². The van der Waals surface area contributed by atoms with E-state index in [1.807, 2.05) is 0 Å². The zero-order chi connectivity index (χ0) is 41.3. The molecule has 0 aromatic carbocycles. The second-order valence-corrected chi connectivity index (χ2v) is 16.9. The summed E-state index contributed by atoms with van der Waals surface area (Å²) < 4.78 is 34.1. The van der Waals surface area contributed by atoms with Crippen LogP contribution < -0.4 is 0 Å². The zero-order valence-electron chi connectivity index (χ0n) is 34.9. The lowest BCUT2D eigenvalue weighted by Crippen LogP contribution is -2.64. The maximum Gasteiger partial charge on any atom is 0.472 e. The summed E-state index contributed by atoms with van der Waals surface area (Å²) in [7, 11) is -5.01. The van der Waals surface area contributed by atoms with E-state index in [4.69, 9.17) is 18.5 Å². The first kappa shape index (κ1) is 52.8. The van der Waals surface area contributed by atoms with Crippen molar-refractivity contribution >= 4 is 13.8 Å². The van der Waals surface area contributed by atoms with E-state index in [-0.39, 0.29) is 13.0 Å². The van der Waals surface area contributed by atoms with Crippen LogP contribution in [0.1, 0.15) is 181 Å². The van der Waals surface area contributed by atoms with E-state index in [0.717, 1.165) is 70.6 Å². The second-order valence-electron chi connectivity index (χ2n) is 15.5. The van der Waals surface area contributed by atoms with Crippen LogP contribution >= 0.6 is 7.82 Å². The standard InChI is InChI=1S/C43H81O12P/c1-3-5-7-9-11-13-15-17-18-19-20-21-23-25-27-29-31-33-52-34-36(54-37(44)32-30-28-26-24-22-16-14-12-10-8-6-4-2)35-53-56(50,51)55-43-41(48)39(46)38(45)40(47)42(43)49/h12,14,18-19,36,38-43,45-49H,3-11,13,15-17,20-35H2,1-2H3,(H,50,51)/b14-12-,19-18-. The molecule has 0 radical (unpaired) electrons. The van der Waals surface area contributed by atoms with Crippen LogP contribution in [0, 0.1) is 0 Å². The quantitative estimate of drug-likeness (QED) is 0.0152. The summed E-state index contributed by atoms with van der Waals surface area (Å²) in [6, 6.07) is 0. The molecule has 0 aromatic rings. The Hall–Kier alpha value is -1.18. The Morgan fingerprint density at radius 2 is 0.946 bits per heavy atom. The summed E-state index contributed by atoms with van der Waals surface area (Å²) in [5.74, 6) is -0.489. The van der Waals surface area contributed by atoms with Gasteiger partial charge in [-0.3, -0.25) is 13.8 Å². The highest BCUT2D eigenvalue weighted by Gasteiger charge is 2.51. The number of phosphoric ester groups is 1. The highest BCUT2D eigenvalue weighted by Crippen LogP contribution is 2.47. The number of esters is 1. The number of hydrogen-bond acceptors (Lipinski definition) is 11. The Balaban J connectivity index is 2.41. The lowest BCUT2D eigenvalue weighted by atomic mass is 9.85. The zero-order valence-corrected chi connectivity index (χ0v) is 35.8. The fourth-order valence-corrected chi connectivity index (χ4v) is 7.67. The van der Waals surface area contributed by atoms with Crippen LogP contribution in [-0.2, 0) is 27.9 Å². The molecular weight excluding hydrogens is 739 g/mol. The van der Waals surface area contributed by atoms with Crippen LogP contribution in [0.4, 0.5) is 0 Å². The number of allylic oxidation sites excluding steroid dienone is 4. The van der Waals surface area contributed by atoms with E-state index in [9.17, 15) is 39.8 Å². The molecule has 6 atom stereocenters. The van der Waals surface area contributed by atoms with Gasteiger partial charge in [0, 0.05) is 13.0 Å². The Morgan fingerprint density at radius 1 is 0.554 bits per heavy atom. The van der Waals surface area contributed by atoms with Gasteiger partial charge in [-0.15, -0.1) is 0 Å². The van der Waals surface area contributed by atoms with Crippen LogP contribution in [-0.4, -0.2) is 98.9 Å². The number of ether oxygens (including phenoxy) is 2. The number of rotatable bonds is 37. The summed E-state index contributed by atoms with van der Waals surface area (Å²) in [5, 5.41) is 50.1. The third-order valence-corrected chi connectivity index (χ3v) is 11.3. The monoisotopic (exact) mass is 821 g/mol. The van der Waals surface area contributed by atoms with E-state index < -0.39 is 63.1 Å². The van der Waals surface area contributed by atoms with Crippen LogP contribution in [0.25, 0.3) is 0 Å². The minimum absolute atomic E-state index is 0.0821. The summed E-state index contributed by atoms with van der Waals surface area (Å²) in [5.41, 5.74) is 0. The SMILES string of the molecule is CCCCC/C=C\CCCCCCCC(=O)OC(COCCCCCCCC/C=C\CCCCCCCCC)COP(=O)(O)OC1C(O)C(O)C(O)C(O)C1O. The Labute approximate surface area is 339 Å². The van der Waals surface area contributed by atoms with Gasteiger partial charge in [0.2, 0.25) is 0 Å². The highest BCUT2D eigenvalue weighted by atomic mass is 31.2. The number of phosphoric acid groups is 1. The number of unbranched alkanes of at least 4 members (excludes halogenated alkanes) is 21. The van der Waals surface area contributed by atoms with Crippen LogP contribution in [0.15, 0.2) is 24.3 Å². The molecule has 0 bridgehead atoms. The molecule has 0 amide bonds. The van der Waals surface area contributed by atoms with Gasteiger partial charge in [0.15, 0.2) is 0 Å². The van der Waals surface area contributed by atoms with Crippen LogP contribution in [0.2, 0.25) is 0 Å². The molecule has 0 heterocycles. The number of carbonyl (C=O) groups is 1. The molecule has 330 valence electrons. The van der Waals surface area contributed by atoms with E-state index in [1.54, 1.807) is 0 Å². The first-order valence-corrected chi connectivity index (χ1v) is 23.7. The molecule has 6 N–H and O–H groups in total. The van der Waals surface area contributed by atoms with Crippen LogP contribution in [0.5, 0.6) is 0 Å². The number of aliphatic hydroxyl groups is 5. The molecule has 6 unspecified atom stereocenters. The van der Waals surface area contributed by atoms with Gasteiger partial charge in [-0.25, -0.2) is 4.57 Å². The van der Waals surface area contributed by atoms with Crippen molar-refractivity contribution in [2.45, 2.75) is 224 Å². The smallest absolute Gasteiger partial charge is 0.457 e. The molecular formula is C43H81O12P. The van der Waals surface area contributed by atoms with Crippen molar-refractivity contribution in [3.63, 3.8) is 0 Å². The maximum absolute atomic E-state index is 12.8. The number of hydrogen-bond donors (Lipinski definition) is 6. The largest absolute Gasteiger partial charge is 0.472 e. The third-order valence-electron chi connectivity index (χ3n) is 10.3. The second kappa shape index (κ2) is 34.7. The van der Waals surface area contributed by atoms with Gasteiger partial charge in [0.25, 0.3) is 0 Å². The molecule has 12 nitrogen and oxygen atoms in total. The minimum atomic E-state index is -5.01. The van der Waals surface area contributed by atoms with Gasteiger partial charge >= 0.3 is 13.8 Å². The molecule has 1 aliphatic carbocycles. The third kappa shape index (κ3) is 26.7. The predicted octanol–water partition coefficient (Wildman–Crippen LogP) is 8.53. The van der Waals surface area contributed by atoms with Gasteiger partial charge in [-0.1, -0.05) is 134 Å². The summed E-state index contributed by atoms with van der Waals surface area (Å²) in [4.78, 5) is 23.1. The Kier molecular flexibility index (Phi) is 32.7. The van der Waals surface area contributed by atoms with Crippen molar-refractivity contribution in [1.82, 2.24) is 0 Å². The molecule has 0 aromatic heterocycles. The maximum atomic E-state index is 12.8. The van der Waals surface area contributed by atoms with Gasteiger partial charge in [0.1, 0.15) is 42.7 Å². The van der Waals surface area contributed by atoms with Crippen molar-refractivity contribution < 1.29 is 58.3 Å². The first-order valence-electron chi connectivity index (χ1n) is 22.2. The summed E-state index contributed by atoms with van der Waals surface area (Å²) >= 11 is 0. The van der Waals surface area contributed by atoms with Crippen molar-refractivity contribution in [2.24, 2.45) is 0 Å². The minimum Gasteiger partial charge on any atom is -0.457 e. The average Bonchev–Trinajstić information content (AvgIpc) is 3.18. The Bertz CT molecular complexity index is 1030. The topological polar surface area (TPSA) is 192 Å². The van der Waals surface area contributed by atoms with E-state index in [0.29, 0.717) is 13.0 Å². The first-order chi connectivity index (χ1) is 27.0. The summed E-state index contributed by atoms with van der Waals surface area (Å²) in [6.45, 7) is 4.20. The van der Waals surface area contributed by atoms with E-state index >= 15 is 0 Å². The van der Waals surface area contributed by atoms with E-state index in [2.05, 4.69) is 38.2 Å². The predicted molar refractivity (Wildman–Crippen MR) is 221 cm³/mol. The molecule has 1 saturated carbocycles. The van der Waals surface area contributed by atoms with Gasteiger partial charge in [-0.2, -0.15) is 0 Å². The molecule has 1 aliphatic rings. The lowest BCUT2D eigenvalue weighted by molar-refractivity contribution is -0.220. The molecule has 0 aliphatic heterocycles. The molecule has 13 heteroatoms. The van der Waals surface area contributed by atoms with Crippen LogP contribution in [0.3, 0.4) is 0 Å². The Morgan fingerprint density at radius 3 is 1.45 bits per heavy atom. The average molecular weight is 821 g/mol. The fraction of sp³-hybridized carbons (Fsp3) is 0.884. The molecule has 0 saturated heterocycles. The number of aliphatic hydroxyl groups excluding tert-OH is 5. The van der Waals surface area contributed by atoms with Gasteiger partial charge in [-0.05, 0) is 64.2 Å². The lowest BCUT2D eigenvalue weighted by Gasteiger charge is -2.41. The molecule has 1 rings (SSSR count). The number of carbonyl (C=O) groups excluding carboxylic acids is 1. The molecule has 0 spiro atoms. The highest BCUT2D eigenvalue weighted by molar-refractivity contribution is 7.47. The summed E-state index contributed by atoms with van der Waals surface area (Å²) in [6.07, 6.45) is 25.4. The molecule has 56 heavy (non-hydrogen) atoms.